The Morgan fingerprint density at radius 2 is 2.10 bits per heavy atom. The summed E-state index contributed by atoms with van der Waals surface area (Å²) in [5, 5.41) is 10.4. The Bertz CT molecular complexity index is 1150. The molecule has 1 N–H and O–H groups in total. The van der Waals surface area contributed by atoms with Crippen molar-refractivity contribution in [2.45, 2.75) is 58.5 Å². The Balaban J connectivity index is 1.53. The van der Waals surface area contributed by atoms with Gasteiger partial charge in [0.05, 0.1) is 17.2 Å². The summed E-state index contributed by atoms with van der Waals surface area (Å²) >= 11 is 0. The minimum Gasteiger partial charge on any atom is -0.508 e. The van der Waals surface area contributed by atoms with Gasteiger partial charge in [0.15, 0.2) is 0 Å². The van der Waals surface area contributed by atoms with Crippen LogP contribution in [0.15, 0.2) is 55.8 Å². The summed E-state index contributed by atoms with van der Waals surface area (Å²) in [5.41, 5.74) is 2.40. The average Bonchev–Trinajstić information content (AvgIpc) is 3.16. The van der Waals surface area contributed by atoms with Crippen LogP contribution in [0.4, 0.5) is 0 Å². The number of aromatic hydroxyl groups is 1. The molecule has 0 saturated carbocycles. The molecule has 0 aliphatic carbocycles. The molecular formula is C24H26O5. The Kier molecular flexibility index (Phi) is 4.77. The Labute approximate surface area is 169 Å². The van der Waals surface area contributed by atoms with Crippen LogP contribution in [0, 0.1) is 6.92 Å². The smallest absolute Gasteiger partial charge is 0.343 e. The van der Waals surface area contributed by atoms with E-state index in [0.717, 1.165) is 30.6 Å². The number of hydrogen-bond donors (Lipinski definition) is 1. The molecule has 5 nitrogen and oxygen atoms in total. The molecule has 5 heteroatoms. The fraction of sp³-hybridized carbons (Fsp3) is 0.375. The van der Waals surface area contributed by atoms with Crippen LogP contribution in [0.5, 0.6) is 11.5 Å². The van der Waals surface area contributed by atoms with Gasteiger partial charge in [0.2, 0.25) is 0 Å². The van der Waals surface area contributed by atoms with E-state index in [1.807, 2.05) is 20.8 Å². The third kappa shape index (κ3) is 3.57. The topological polar surface area (TPSA) is 72.8 Å². The molecular weight excluding hydrogens is 368 g/mol. The van der Waals surface area contributed by atoms with E-state index in [4.69, 9.17) is 13.6 Å². The quantitative estimate of drug-likeness (QED) is 0.449. The molecule has 0 spiro atoms. The van der Waals surface area contributed by atoms with Crippen LogP contribution < -0.4 is 10.4 Å². The molecule has 3 heterocycles. The van der Waals surface area contributed by atoms with E-state index in [-0.39, 0.29) is 11.7 Å². The monoisotopic (exact) mass is 394 g/mol. The van der Waals surface area contributed by atoms with E-state index in [9.17, 15) is 9.90 Å². The van der Waals surface area contributed by atoms with Crippen LogP contribution in [0.1, 0.15) is 56.4 Å². The van der Waals surface area contributed by atoms with Gasteiger partial charge in [-0.2, -0.15) is 0 Å². The highest BCUT2D eigenvalue weighted by molar-refractivity contribution is 5.86. The van der Waals surface area contributed by atoms with Crippen molar-refractivity contribution in [2.75, 3.05) is 0 Å². The van der Waals surface area contributed by atoms with Crippen LogP contribution >= 0.6 is 0 Å². The first kappa shape index (κ1) is 19.4. The highest BCUT2D eigenvalue weighted by Gasteiger charge is 2.44. The van der Waals surface area contributed by atoms with E-state index in [2.05, 4.69) is 19.1 Å². The van der Waals surface area contributed by atoms with Crippen LogP contribution in [0.25, 0.3) is 11.0 Å². The summed E-state index contributed by atoms with van der Waals surface area (Å²) in [6.45, 7) is 8.17. The molecule has 0 fully saturated rings. The lowest BCUT2D eigenvalue weighted by atomic mass is 9.84. The van der Waals surface area contributed by atoms with Gasteiger partial charge in [-0.1, -0.05) is 18.6 Å². The second-order valence-electron chi connectivity index (χ2n) is 8.31. The molecule has 2 atom stereocenters. The van der Waals surface area contributed by atoms with Crippen molar-refractivity contribution >= 4 is 11.0 Å². The first-order valence-corrected chi connectivity index (χ1v) is 9.95. The van der Waals surface area contributed by atoms with Gasteiger partial charge in [-0.25, -0.2) is 4.79 Å². The number of fused-ring (bicyclic) bond motifs is 3. The number of phenols is 1. The Morgan fingerprint density at radius 1 is 1.31 bits per heavy atom. The van der Waals surface area contributed by atoms with Crippen LogP contribution in [0.3, 0.4) is 0 Å². The fourth-order valence-electron chi connectivity index (χ4n) is 4.09. The van der Waals surface area contributed by atoms with Crippen molar-refractivity contribution in [3.63, 3.8) is 0 Å². The maximum Gasteiger partial charge on any atom is 0.343 e. The van der Waals surface area contributed by atoms with Crippen LogP contribution in [-0.4, -0.2) is 10.7 Å². The highest BCUT2D eigenvalue weighted by Crippen LogP contribution is 2.48. The molecule has 3 aromatic rings. The first-order valence-electron chi connectivity index (χ1n) is 9.95. The second kappa shape index (κ2) is 7.14. The third-order valence-electron chi connectivity index (χ3n) is 5.93. The van der Waals surface area contributed by atoms with Gasteiger partial charge in [-0.3, -0.25) is 0 Å². The SMILES string of the molecule is C/C(=C\CC[C@@]1(C)Oc2c(c(=O)oc3cc(O)ccc23)[C@H]1C)Cc1cc(C)co1. The van der Waals surface area contributed by atoms with Crippen molar-refractivity contribution in [1.82, 2.24) is 0 Å². The number of aryl methyl sites for hydroxylation is 1. The summed E-state index contributed by atoms with van der Waals surface area (Å²) in [7, 11) is 0. The van der Waals surface area contributed by atoms with Crippen molar-refractivity contribution in [3.8, 4) is 11.5 Å². The van der Waals surface area contributed by atoms with E-state index >= 15 is 0 Å². The molecule has 2 aromatic heterocycles. The van der Waals surface area contributed by atoms with E-state index in [1.54, 1.807) is 18.4 Å². The molecule has 1 aliphatic heterocycles. The lowest BCUT2D eigenvalue weighted by Gasteiger charge is -2.28. The zero-order chi connectivity index (χ0) is 20.8. The minimum atomic E-state index is -0.499. The largest absolute Gasteiger partial charge is 0.508 e. The molecule has 0 bridgehead atoms. The van der Waals surface area contributed by atoms with Crippen LogP contribution in [0.2, 0.25) is 0 Å². The maximum atomic E-state index is 12.6. The summed E-state index contributed by atoms with van der Waals surface area (Å²) < 4.78 is 17.3. The summed E-state index contributed by atoms with van der Waals surface area (Å²) in [4.78, 5) is 12.6. The molecule has 0 saturated heterocycles. The summed E-state index contributed by atoms with van der Waals surface area (Å²) in [5.74, 6) is 1.51. The van der Waals surface area contributed by atoms with Gasteiger partial charge in [-0.05, 0) is 57.4 Å². The van der Waals surface area contributed by atoms with E-state index in [0.29, 0.717) is 22.3 Å². The lowest BCUT2D eigenvalue weighted by Crippen LogP contribution is -2.33. The van der Waals surface area contributed by atoms with Crippen LogP contribution in [-0.2, 0) is 6.42 Å². The van der Waals surface area contributed by atoms with Gasteiger partial charge in [0.25, 0.3) is 0 Å². The standard InChI is InChI=1S/C24H26O5/c1-14(10-18-11-15(2)13-27-18)6-5-9-24(4)16(3)21-22(29-24)19-8-7-17(25)12-20(19)28-23(21)26/h6-8,11-13,16,25H,5,9-10H2,1-4H3/b14-6+/t16-,24-/m1/s1. The summed E-state index contributed by atoms with van der Waals surface area (Å²) in [6.07, 6.45) is 6.38. The maximum absolute atomic E-state index is 12.6. The van der Waals surface area contributed by atoms with Crippen molar-refractivity contribution in [3.05, 3.63) is 69.5 Å². The molecule has 29 heavy (non-hydrogen) atoms. The normalized spacial score (nSPS) is 21.4. The van der Waals surface area contributed by atoms with Gasteiger partial charge in [0.1, 0.15) is 28.4 Å². The zero-order valence-electron chi connectivity index (χ0n) is 17.2. The van der Waals surface area contributed by atoms with Gasteiger partial charge < -0.3 is 18.7 Å². The Morgan fingerprint density at radius 3 is 2.83 bits per heavy atom. The number of furan rings is 1. The van der Waals surface area contributed by atoms with Gasteiger partial charge in [-0.15, -0.1) is 0 Å². The van der Waals surface area contributed by atoms with E-state index in [1.165, 1.54) is 11.6 Å². The number of allylic oxidation sites excluding steroid dienone is 2. The number of ether oxygens (including phenoxy) is 1. The predicted molar refractivity (Wildman–Crippen MR) is 112 cm³/mol. The molecule has 0 amide bonds. The number of hydrogen-bond acceptors (Lipinski definition) is 5. The molecule has 1 aromatic carbocycles. The zero-order valence-corrected chi connectivity index (χ0v) is 17.2. The molecule has 1 aliphatic rings. The Hall–Kier alpha value is -2.95. The van der Waals surface area contributed by atoms with Gasteiger partial charge in [0, 0.05) is 18.4 Å². The van der Waals surface area contributed by atoms with Crippen molar-refractivity contribution < 1.29 is 18.7 Å². The van der Waals surface area contributed by atoms with Gasteiger partial charge >= 0.3 is 5.63 Å². The average molecular weight is 394 g/mol. The fourth-order valence-corrected chi connectivity index (χ4v) is 4.09. The minimum absolute atomic E-state index is 0.0572. The number of rotatable bonds is 5. The molecule has 0 unspecified atom stereocenters. The molecule has 4 rings (SSSR count). The number of benzene rings is 1. The predicted octanol–water partition coefficient (Wildman–Crippen LogP) is 5.62. The first-order chi connectivity index (χ1) is 13.8. The van der Waals surface area contributed by atoms with Crippen molar-refractivity contribution in [1.29, 1.82) is 0 Å². The number of phenolic OH excluding ortho intramolecular Hbond substituents is 1. The highest BCUT2D eigenvalue weighted by atomic mass is 16.5. The lowest BCUT2D eigenvalue weighted by molar-refractivity contribution is 0.0862. The summed E-state index contributed by atoms with van der Waals surface area (Å²) in [6, 6.07) is 6.82. The van der Waals surface area contributed by atoms with E-state index < -0.39 is 11.2 Å². The third-order valence-corrected chi connectivity index (χ3v) is 5.93. The molecule has 152 valence electrons. The van der Waals surface area contributed by atoms with Crippen molar-refractivity contribution in [2.24, 2.45) is 0 Å². The second-order valence-corrected chi connectivity index (χ2v) is 8.31. The molecule has 0 radical (unpaired) electrons.